The van der Waals surface area contributed by atoms with E-state index < -0.39 is 0 Å². The SMILES string of the molecule is NC(=S)c1cccc(NC(=O)CCn2cc(Cl)cn2)c1. The van der Waals surface area contributed by atoms with Crippen molar-refractivity contribution in [1.29, 1.82) is 0 Å². The van der Waals surface area contributed by atoms with Gasteiger partial charge in [-0.1, -0.05) is 36.0 Å². The normalized spacial score (nSPS) is 10.2. The molecule has 2 aromatic rings. The van der Waals surface area contributed by atoms with Crippen molar-refractivity contribution in [3.8, 4) is 0 Å². The van der Waals surface area contributed by atoms with Gasteiger partial charge in [0.25, 0.3) is 0 Å². The number of rotatable bonds is 5. The Balaban J connectivity index is 1.91. The third-order valence-corrected chi connectivity index (χ3v) is 3.03. The van der Waals surface area contributed by atoms with Crippen LogP contribution in [0.4, 0.5) is 5.69 Å². The van der Waals surface area contributed by atoms with Crippen LogP contribution in [0.2, 0.25) is 5.02 Å². The zero-order chi connectivity index (χ0) is 14.5. The monoisotopic (exact) mass is 308 g/mol. The van der Waals surface area contributed by atoms with E-state index in [0.717, 1.165) is 5.56 Å². The largest absolute Gasteiger partial charge is 0.389 e. The molecule has 20 heavy (non-hydrogen) atoms. The van der Waals surface area contributed by atoms with Gasteiger partial charge in [-0.2, -0.15) is 5.10 Å². The Hall–Kier alpha value is -1.92. The number of thiocarbonyl (C=S) groups is 1. The zero-order valence-electron chi connectivity index (χ0n) is 10.5. The molecule has 0 spiro atoms. The molecule has 0 unspecified atom stereocenters. The number of benzene rings is 1. The molecule has 0 bridgehead atoms. The van der Waals surface area contributed by atoms with Gasteiger partial charge in [0.2, 0.25) is 5.91 Å². The lowest BCUT2D eigenvalue weighted by Gasteiger charge is -2.07. The van der Waals surface area contributed by atoms with Gasteiger partial charge in [-0.15, -0.1) is 0 Å². The van der Waals surface area contributed by atoms with Gasteiger partial charge in [0.1, 0.15) is 4.99 Å². The van der Waals surface area contributed by atoms with Crippen molar-refractivity contribution in [3.05, 3.63) is 47.2 Å². The minimum atomic E-state index is -0.114. The highest BCUT2D eigenvalue weighted by atomic mass is 35.5. The van der Waals surface area contributed by atoms with Crippen LogP contribution in [0.25, 0.3) is 0 Å². The number of hydrogen-bond donors (Lipinski definition) is 2. The summed E-state index contributed by atoms with van der Waals surface area (Å²) in [6.07, 6.45) is 3.50. The van der Waals surface area contributed by atoms with Crippen LogP contribution in [0.15, 0.2) is 36.7 Å². The Labute approximate surface area is 126 Å². The fraction of sp³-hybridized carbons (Fsp3) is 0.154. The maximum Gasteiger partial charge on any atom is 0.226 e. The van der Waals surface area contributed by atoms with Gasteiger partial charge in [-0.05, 0) is 12.1 Å². The molecule has 3 N–H and O–H groups in total. The van der Waals surface area contributed by atoms with E-state index in [4.69, 9.17) is 29.6 Å². The zero-order valence-corrected chi connectivity index (χ0v) is 12.1. The van der Waals surface area contributed by atoms with Gasteiger partial charge in [0.05, 0.1) is 11.2 Å². The predicted octanol–water partition coefficient (Wildman–Crippen LogP) is 2.20. The maximum atomic E-state index is 11.8. The van der Waals surface area contributed by atoms with Gasteiger partial charge >= 0.3 is 0 Å². The van der Waals surface area contributed by atoms with E-state index in [1.807, 2.05) is 0 Å². The van der Waals surface area contributed by atoms with E-state index in [1.54, 1.807) is 35.1 Å². The molecule has 0 fully saturated rings. The van der Waals surface area contributed by atoms with Crippen molar-refractivity contribution in [2.45, 2.75) is 13.0 Å². The molecule has 0 saturated carbocycles. The lowest BCUT2D eigenvalue weighted by Crippen LogP contribution is -2.15. The van der Waals surface area contributed by atoms with Crippen molar-refractivity contribution < 1.29 is 4.79 Å². The van der Waals surface area contributed by atoms with E-state index >= 15 is 0 Å². The third-order valence-electron chi connectivity index (χ3n) is 2.60. The van der Waals surface area contributed by atoms with Gasteiger partial charge in [0, 0.05) is 30.4 Å². The lowest BCUT2D eigenvalue weighted by molar-refractivity contribution is -0.116. The summed E-state index contributed by atoms with van der Waals surface area (Å²) >= 11 is 10.6. The lowest BCUT2D eigenvalue weighted by atomic mass is 10.2. The molecule has 0 atom stereocenters. The molecule has 1 aromatic heterocycles. The molecular formula is C13H13ClN4OS. The van der Waals surface area contributed by atoms with E-state index in [2.05, 4.69) is 10.4 Å². The first-order valence-corrected chi connectivity index (χ1v) is 6.71. The molecule has 104 valence electrons. The summed E-state index contributed by atoms with van der Waals surface area (Å²) in [5, 5.41) is 7.34. The first kappa shape index (κ1) is 14.5. The Bertz CT molecular complexity index is 641. The molecule has 0 saturated heterocycles. The van der Waals surface area contributed by atoms with Gasteiger partial charge in [0.15, 0.2) is 0 Å². The molecule has 7 heteroatoms. The number of aryl methyl sites for hydroxylation is 1. The van der Waals surface area contributed by atoms with Crippen molar-refractivity contribution in [2.24, 2.45) is 5.73 Å². The van der Waals surface area contributed by atoms with Crippen LogP contribution in [-0.2, 0) is 11.3 Å². The van der Waals surface area contributed by atoms with Crippen LogP contribution < -0.4 is 11.1 Å². The summed E-state index contributed by atoms with van der Waals surface area (Å²) in [6, 6.07) is 7.11. The Morgan fingerprint density at radius 3 is 2.95 bits per heavy atom. The number of nitrogens with zero attached hydrogens (tertiary/aromatic N) is 2. The van der Waals surface area contributed by atoms with Crippen LogP contribution in [0.3, 0.4) is 0 Å². The molecule has 1 amide bonds. The molecule has 0 aliphatic rings. The number of nitrogens with two attached hydrogens (primary N) is 1. The first-order valence-electron chi connectivity index (χ1n) is 5.92. The van der Waals surface area contributed by atoms with Crippen molar-refractivity contribution in [3.63, 3.8) is 0 Å². The highest BCUT2D eigenvalue weighted by molar-refractivity contribution is 7.80. The molecule has 2 rings (SSSR count). The number of halogens is 1. The van der Waals surface area contributed by atoms with Gasteiger partial charge in [-0.3, -0.25) is 9.48 Å². The first-order chi connectivity index (χ1) is 9.54. The molecule has 0 radical (unpaired) electrons. The van der Waals surface area contributed by atoms with Crippen molar-refractivity contribution >= 4 is 40.4 Å². The topological polar surface area (TPSA) is 72.9 Å². The quantitative estimate of drug-likeness (QED) is 0.831. The van der Waals surface area contributed by atoms with Gasteiger partial charge in [-0.25, -0.2) is 0 Å². The summed E-state index contributed by atoms with van der Waals surface area (Å²) in [4.78, 5) is 12.1. The smallest absolute Gasteiger partial charge is 0.226 e. The number of carbonyl (C=O) groups is 1. The van der Waals surface area contributed by atoms with Crippen LogP contribution in [0, 0.1) is 0 Å². The standard InChI is InChI=1S/C13H13ClN4OS/c14-10-7-16-18(8-10)5-4-12(19)17-11-3-1-2-9(6-11)13(15)20/h1-3,6-8H,4-5H2,(H2,15,20)(H,17,19). The fourth-order valence-corrected chi connectivity index (χ4v) is 1.93. The molecule has 0 aliphatic carbocycles. The number of hydrogen-bond acceptors (Lipinski definition) is 3. The number of anilines is 1. The third kappa shape index (κ3) is 4.04. The molecular weight excluding hydrogens is 296 g/mol. The fourth-order valence-electron chi connectivity index (χ4n) is 1.65. The molecule has 1 heterocycles. The number of aromatic nitrogens is 2. The summed E-state index contributed by atoms with van der Waals surface area (Å²) in [6.45, 7) is 0.466. The highest BCUT2D eigenvalue weighted by Gasteiger charge is 2.05. The van der Waals surface area contributed by atoms with Gasteiger partial charge < -0.3 is 11.1 Å². The van der Waals surface area contributed by atoms with E-state index in [0.29, 0.717) is 28.7 Å². The number of nitrogens with one attached hydrogen (secondary N) is 1. The summed E-state index contributed by atoms with van der Waals surface area (Å²) < 4.78 is 1.62. The average Bonchev–Trinajstić information content (AvgIpc) is 2.82. The minimum absolute atomic E-state index is 0.114. The predicted molar refractivity (Wildman–Crippen MR) is 82.8 cm³/mol. The second-order valence-corrected chi connectivity index (χ2v) is 5.04. The van der Waals surface area contributed by atoms with Crippen molar-refractivity contribution in [2.75, 3.05) is 5.32 Å². The Morgan fingerprint density at radius 2 is 2.30 bits per heavy atom. The van der Waals surface area contributed by atoms with Crippen LogP contribution in [-0.4, -0.2) is 20.7 Å². The summed E-state index contributed by atoms with van der Waals surface area (Å²) in [5.74, 6) is -0.114. The molecule has 0 aliphatic heterocycles. The number of carbonyl (C=O) groups excluding carboxylic acids is 1. The number of amides is 1. The second kappa shape index (κ2) is 6.49. The van der Waals surface area contributed by atoms with E-state index in [9.17, 15) is 4.79 Å². The van der Waals surface area contributed by atoms with Crippen molar-refractivity contribution in [1.82, 2.24) is 9.78 Å². The second-order valence-electron chi connectivity index (χ2n) is 4.16. The van der Waals surface area contributed by atoms with E-state index in [1.165, 1.54) is 6.20 Å². The Kier molecular flexibility index (Phi) is 4.70. The summed E-state index contributed by atoms with van der Waals surface area (Å²) in [7, 11) is 0. The summed E-state index contributed by atoms with van der Waals surface area (Å²) in [5.41, 5.74) is 6.93. The van der Waals surface area contributed by atoms with E-state index in [-0.39, 0.29) is 5.91 Å². The Morgan fingerprint density at radius 1 is 1.50 bits per heavy atom. The van der Waals surface area contributed by atoms with Crippen LogP contribution in [0.5, 0.6) is 0 Å². The molecule has 5 nitrogen and oxygen atoms in total. The maximum absolute atomic E-state index is 11.8. The van der Waals surface area contributed by atoms with Crippen LogP contribution in [0.1, 0.15) is 12.0 Å². The van der Waals surface area contributed by atoms with Crippen LogP contribution >= 0.6 is 23.8 Å². The molecule has 1 aromatic carbocycles. The average molecular weight is 309 g/mol. The minimum Gasteiger partial charge on any atom is -0.389 e. The highest BCUT2D eigenvalue weighted by Crippen LogP contribution is 2.11.